The summed E-state index contributed by atoms with van der Waals surface area (Å²) in [5.41, 5.74) is 3.11. The van der Waals surface area contributed by atoms with Crippen molar-refractivity contribution in [2.24, 2.45) is 5.10 Å². The van der Waals surface area contributed by atoms with Gasteiger partial charge in [-0.1, -0.05) is 12.1 Å². The Bertz CT molecular complexity index is 698. The number of phenolic OH excluding ortho intramolecular Hbond substituents is 2. The highest BCUT2D eigenvalue weighted by Crippen LogP contribution is 2.26. The van der Waals surface area contributed by atoms with Crippen molar-refractivity contribution in [2.75, 3.05) is 6.61 Å². The second-order valence-electron chi connectivity index (χ2n) is 4.38. The number of hydrogen-bond donors (Lipinski definition) is 3. The third-order valence-corrected chi connectivity index (χ3v) is 2.81. The van der Waals surface area contributed by atoms with Crippen LogP contribution in [0.15, 0.2) is 47.6 Å². The average Bonchev–Trinajstić information content (AvgIpc) is 2.51. The van der Waals surface area contributed by atoms with Crippen LogP contribution >= 0.6 is 0 Å². The van der Waals surface area contributed by atoms with Gasteiger partial charge in [-0.3, -0.25) is 4.79 Å². The lowest BCUT2D eigenvalue weighted by Crippen LogP contribution is -2.17. The molecule has 0 atom stereocenters. The van der Waals surface area contributed by atoms with E-state index in [1.807, 2.05) is 6.92 Å². The second-order valence-corrected chi connectivity index (χ2v) is 4.38. The van der Waals surface area contributed by atoms with Gasteiger partial charge in [0, 0.05) is 0 Å². The van der Waals surface area contributed by atoms with E-state index in [2.05, 4.69) is 10.5 Å². The van der Waals surface area contributed by atoms with Crippen LogP contribution in [0.1, 0.15) is 22.8 Å². The number of nitrogens with zero attached hydrogens (tertiary/aromatic N) is 1. The molecule has 0 aliphatic heterocycles. The zero-order valence-corrected chi connectivity index (χ0v) is 12.0. The van der Waals surface area contributed by atoms with E-state index in [0.717, 1.165) is 0 Å². The van der Waals surface area contributed by atoms with Crippen molar-refractivity contribution >= 4 is 12.1 Å². The zero-order chi connectivity index (χ0) is 15.9. The van der Waals surface area contributed by atoms with Gasteiger partial charge in [0.15, 0.2) is 11.5 Å². The molecule has 0 saturated heterocycles. The lowest BCUT2D eigenvalue weighted by atomic mass is 10.2. The molecule has 0 fully saturated rings. The molecule has 3 N–H and O–H groups in total. The molecule has 0 aliphatic rings. The molecule has 0 radical (unpaired) electrons. The molecule has 0 heterocycles. The molecule has 0 spiro atoms. The van der Waals surface area contributed by atoms with Gasteiger partial charge in [-0.25, -0.2) is 5.43 Å². The van der Waals surface area contributed by atoms with Crippen molar-refractivity contribution in [1.29, 1.82) is 0 Å². The van der Waals surface area contributed by atoms with Gasteiger partial charge in [0.2, 0.25) is 0 Å². The summed E-state index contributed by atoms with van der Waals surface area (Å²) >= 11 is 0. The average molecular weight is 300 g/mol. The van der Waals surface area contributed by atoms with Gasteiger partial charge in [0.25, 0.3) is 5.91 Å². The first-order valence-electron chi connectivity index (χ1n) is 6.69. The monoisotopic (exact) mass is 300 g/mol. The number of amides is 1. The van der Waals surface area contributed by atoms with Gasteiger partial charge >= 0.3 is 0 Å². The molecule has 6 heteroatoms. The van der Waals surface area contributed by atoms with E-state index in [1.165, 1.54) is 24.4 Å². The van der Waals surface area contributed by atoms with Gasteiger partial charge < -0.3 is 14.9 Å². The molecule has 22 heavy (non-hydrogen) atoms. The number of carbonyl (C=O) groups excluding carboxylic acids is 1. The summed E-state index contributed by atoms with van der Waals surface area (Å²) in [6, 6.07) is 10.9. The van der Waals surface area contributed by atoms with Crippen LogP contribution in [0.2, 0.25) is 0 Å². The first kappa shape index (κ1) is 15.4. The SMILES string of the molecule is CCOc1cc(/C=N\NC(=O)c2ccccc2O)ccc1O. The Morgan fingerprint density at radius 3 is 2.73 bits per heavy atom. The highest BCUT2D eigenvalue weighted by Gasteiger charge is 2.08. The highest BCUT2D eigenvalue weighted by molar-refractivity contribution is 5.97. The van der Waals surface area contributed by atoms with E-state index < -0.39 is 5.91 Å². The van der Waals surface area contributed by atoms with E-state index in [0.29, 0.717) is 17.9 Å². The highest BCUT2D eigenvalue weighted by atomic mass is 16.5. The molecule has 0 aromatic heterocycles. The zero-order valence-electron chi connectivity index (χ0n) is 12.0. The molecule has 2 aromatic carbocycles. The summed E-state index contributed by atoms with van der Waals surface area (Å²) < 4.78 is 5.26. The number of hydrogen-bond acceptors (Lipinski definition) is 5. The maximum atomic E-state index is 11.8. The lowest BCUT2D eigenvalue weighted by Gasteiger charge is -2.06. The predicted molar refractivity (Wildman–Crippen MR) is 82.4 cm³/mol. The number of carbonyl (C=O) groups is 1. The van der Waals surface area contributed by atoms with Crippen LogP contribution in [0.5, 0.6) is 17.2 Å². The molecule has 0 aliphatic carbocycles. The van der Waals surface area contributed by atoms with Gasteiger partial charge in [-0.2, -0.15) is 5.10 Å². The Balaban J connectivity index is 2.05. The predicted octanol–water partition coefficient (Wildman–Crippen LogP) is 2.26. The number of aromatic hydroxyl groups is 2. The first-order chi connectivity index (χ1) is 10.6. The van der Waals surface area contributed by atoms with E-state index in [1.54, 1.807) is 24.3 Å². The number of phenols is 2. The summed E-state index contributed by atoms with van der Waals surface area (Å²) in [5, 5.41) is 23.0. The molecule has 6 nitrogen and oxygen atoms in total. The number of benzene rings is 2. The topological polar surface area (TPSA) is 91.2 Å². The van der Waals surface area contributed by atoms with E-state index >= 15 is 0 Å². The largest absolute Gasteiger partial charge is 0.507 e. The molecule has 2 aromatic rings. The molecule has 2 rings (SSSR count). The Kier molecular flexibility index (Phi) is 4.98. The van der Waals surface area contributed by atoms with Crippen molar-refractivity contribution in [2.45, 2.75) is 6.92 Å². The van der Waals surface area contributed by atoms with Crippen molar-refractivity contribution in [3.8, 4) is 17.2 Å². The third-order valence-electron chi connectivity index (χ3n) is 2.81. The van der Waals surface area contributed by atoms with Crippen LogP contribution in [-0.2, 0) is 0 Å². The van der Waals surface area contributed by atoms with Gasteiger partial charge in [-0.05, 0) is 42.8 Å². The summed E-state index contributed by atoms with van der Waals surface area (Å²) in [7, 11) is 0. The van der Waals surface area contributed by atoms with E-state index in [4.69, 9.17) is 4.74 Å². The molecule has 0 saturated carbocycles. The minimum Gasteiger partial charge on any atom is -0.507 e. The molecule has 0 bridgehead atoms. The third kappa shape index (κ3) is 3.76. The Labute approximate surface area is 127 Å². The fraction of sp³-hybridized carbons (Fsp3) is 0.125. The normalized spacial score (nSPS) is 10.6. The molecule has 1 amide bonds. The minimum absolute atomic E-state index is 0.0391. The van der Waals surface area contributed by atoms with Crippen molar-refractivity contribution < 1.29 is 19.7 Å². The van der Waals surface area contributed by atoms with E-state index in [-0.39, 0.29) is 17.1 Å². The molecular formula is C16H16N2O4. The van der Waals surface area contributed by atoms with Gasteiger partial charge in [-0.15, -0.1) is 0 Å². The van der Waals surface area contributed by atoms with Crippen LogP contribution in [0.3, 0.4) is 0 Å². The van der Waals surface area contributed by atoms with Gasteiger partial charge in [0.05, 0.1) is 18.4 Å². The van der Waals surface area contributed by atoms with Crippen LogP contribution in [0, 0.1) is 0 Å². The Hall–Kier alpha value is -3.02. The molecule has 0 unspecified atom stereocenters. The Morgan fingerprint density at radius 1 is 1.23 bits per heavy atom. The van der Waals surface area contributed by atoms with Crippen molar-refractivity contribution in [3.63, 3.8) is 0 Å². The van der Waals surface area contributed by atoms with Crippen LogP contribution < -0.4 is 10.2 Å². The number of ether oxygens (including phenoxy) is 1. The van der Waals surface area contributed by atoms with Gasteiger partial charge in [0.1, 0.15) is 5.75 Å². The second kappa shape index (κ2) is 7.12. The minimum atomic E-state index is -0.516. The maximum Gasteiger partial charge on any atom is 0.275 e. The number of para-hydroxylation sites is 1. The first-order valence-corrected chi connectivity index (χ1v) is 6.69. The summed E-state index contributed by atoms with van der Waals surface area (Å²) in [5.74, 6) is -0.243. The van der Waals surface area contributed by atoms with E-state index in [9.17, 15) is 15.0 Å². The smallest absolute Gasteiger partial charge is 0.275 e. The lowest BCUT2D eigenvalue weighted by molar-refractivity contribution is 0.0952. The number of hydrazone groups is 1. The molecule has 114 valence electrons. The number of rotatable bonds is 5. The van der Waals surface area contributed by atoms with Crippen LogP contribution in [-0.4, -0.2) is 28.9 Å². The number of nitrogens with one attached hydrogen (secondary N) is 1. The Morgan fingerprint density at radius 2 is 2.00 bits per heavy atom. The standard InChI is InChI=1S/C16H16N2O4/c1-2-22-15-9-11(7-8-14(15)20)10-17-18-16(21)12-5-3-4-6-13(12)19/h3-10,19-20H,2H2,1H3,(H,18,21)/b17-10-. The quantitative estimate of drug-likeness (QED) is 0.583. The van der Waals surface area contributed by atoms with Crippen LogP contribution in [0.25, 0.3) is 0 Å². The summed E-state index contributed by atoms with van der Waals surface area (Å²) in [6.07, 6.45) is 1.42. The fourth-order valence-corrected chi connectivity index (χ4v) is 1.77. The summed E-state index contributed by atoms with van der Waals surface area (Å²) in [6.45, 7) is 2.24. The fourth-order valence-electron chi connectivity index (χ4n) is 1.77. The summed E-state index contributed by atoms with van der Waals surface area (Å²) in [4.78, 5) is 11.8. The molecular weight excluding hydrogens is 284 g/mol. The van der Waals surface area contributed by atoms with Crippen molar-refractivity contribution in [3.05, 3.63) is 53.6 Å². The van der Waals surface area contributed by atoms with Crippen molar-refractivity contribution in [1.82, 2.24) is 5.43 Å². The maximum absolute atomic E-state index is 11.8. The van der Waals surface area contributed by atoms with Crippen LogP contribution in [0.4, 0.5) is 0 Å².